The highest BCUT2D eigenvalue weighted by molar-refractivity contribution is 5.78. The van der Waals surface area contributed by atoms with Crippen molar-refractivity contribution in [3.63, 3.8) is 0 Å². The summed E-state index contributed by atoms with van der Waals surface area (Å²) in [6.45, 7) is 10.8. The fraction of sp³-hybridized carbons (Fsp3) is 0.615. The molecule has 0 aromatic heterocycles. The Labute approximate surface area is 284 Å². The lowest BCUT2D eigenvalue weighted by Gasteiger charge is -2.50. The van der Waals surface area contributed by atoms with E-state index in [1.165, 1.54) is 0 Å². The molecule has 5 aliphatic rings. The molecule has 3 saturated heterocycles. The molecule has 11 atom stereocenters. The molecule has 1 aliphatic carbocycles. The van der Waals surface area contributed by atoms with Crippen molar-refractivity contribution in [1.29, 1.82) is 0 Å². The van der Waals surface area contributed by atoms with Gasteiger partial charge in [-0.15, -0.1) is 0 Å². The lowest BCUT2D eigenvalue weighted by Crippen LogP contribution is -2.58. The number of nitrogen functional groups attached to an aromatic ring is 1. The van der Waals surface area contributed by atoms with Crippen LogP contribution in [0.3, 0.4) is 0 Å². The second-order valence-electron chi connectivity index (χ2n) is 14.7. The third-order valence-electron chi connectivity index (χ3n) is 11.1. The van der Waals surface area contributed by atoms with E-state index in [9.17, 15) is 15.0 Å². The minimum Gasteiger partial charge on any atom is -0.462 e. The summed E-state index contributed by atoms with van der Waals surface area (Å²) in [6, 6.07) is 7.70. The zero-order valence-corrected chi connectivity index (χ0v) is 29.0. The van der Waals surface area contributed by atoms with Crippen LogP contribution in [0.15, 0.2) is 71.4 Å². The number of hydrogen-bond donors (Lipinski definition) is 3. The highest BCUT2D eigenvalue weighted by Gasteiger charge is 2.60. The second-order valence-corrected chi connectivity index (χ2v) is 14.7. The van der Waals surface area contributed by atoms with Gasteiger partial charge in [-0.2, -0.15) is 0 Å². The smallest absolute Gasteiger partial charge is 0.316 e. The zero-order valence-electron chi connectivity index (χ0n) is 29.0. The second kappa shape index (κ2) is 14.2. The first-order valence-electron chi connectivity index (χ1n) is 17.7. The van der Waals surface area contributed by atoms with E-state index in [1.807, 2.05) is 36.4 Å². The number of hydrogen-bond acceptors (Lipinski definition) is 9. The minimum absolute atomic E-state index is 0.0350. The third kappa shape index (κ3) is 6.96. The van der Waals surface area contributed by atoms with Crippen molar-refractivity contribution in [2.45, 2.75) is 128 Å². The average Bonchev–Trinajstić information content (AvgIpc) is 3.40. The summed E-state index contributed by atoms with van der Waals surface area (Å²) in [6.07, 6.45) is 10.7. The van der Waals surface area contributed by atoms with Crippen LogP contribution in [0.25, 0.3) is 0 Å². The molecule has 1 aromatic carbocycles. The molecular weight excluding hydrogens is 610 g/mol. The summed E-state index contributed by atoms with van der Waals surface area (Å²) in [4.78, 5) is 14.1. The molecule has 0 amide bonds. The van der Waals surface area contributed by atoms with Gasteiger partial charge in [-0.3, -0.25) is 4.79 Å². The maximum atomic E-state index is 14.1. The number of aliphatic hydroxyl groups is 2. The molecule has 4 heterocycles. The Balaban J connectivity index is 1.37. The maximum absolute atomic E-state index is 14.1. The SMILES string of the molecule is CC[C@H]1O[C@]2(CC[C@@H]1C)C[C@@H]1C[C@@H](C/C=C(\C)[C@H](OCc3ccc(N)cc3)[C@@H](C)/C=C/C=C3\CO[C@@H]4[C@H](O)C(C)=C[C@@H](C(=O)O1)[C@]34O)O2. The molecule has 0 unspecified atom stereocenters. The summed E-state index contributed by atoms with van der Waals surface area (Å²) < 4.78 is 32.4. The Bertz CT molecular complexity index is 1450. The van der Waals surface area contributed by atoms with Crippen molar-refractivity contribution in [2.24, 2.45) is 17.8 Å². The number of benzene rings is 1. The van der Waals surface area contributed by atoms with Crippen molar-refractivity contribution in [3.05, 3.63) is 76.9 Å². The van der Waals surface area contributed by atoms with Crippen LogP contribution < -0.4 is 5.73 Å². The number of anilines is 1. The Hall–Kier alpha value is -2.79. The van der Waals surface area contributed by atoms with E-state index in [4.69, 9.17) is 29.4 Å². The Kier molecular flexibility index (Phi) is 10.4. The number of carbonyl (C=O) groups excluding carboxylic acids is 1. The van der Waals surface area contributed by atoms with Gasteiger partial charge in [0.05, 0.1) is 31.5 Å². The molecule has 0 saturated carbocycles. The number of fused-ring (bicyclic) bond motifs is 2. The number of aliphatic hydroxyl groups excluding tert-OH is 1. The van der Waals surface area contributed by atoms with Gasteiger partial charge >= 0.3 is 5.97 Å². The quantitative estimate of drug-likeness (QED) is 0.211. The topological polar surface area (TPSA) is 130 Å². The standard InChI is InChI=1S/C39H53NO8/c1-6-33-23(2)16-17-38(48-33)20-31-19-30(47-38)15-10-25(4)35(44-21-27-11-13-29(40)14-12-27)24(3)8-7-9-28-22-45-36-34(41)26(5)18-32(37(42)46-31)39(28,36)43/h7-14,18,23-24,30-36,41,43H,6,15-17,19-22,40H2,1-5H3/b8-7+,25-10+,28-9+/t23-,24-,30+,31-,32-,33+,34+,35+,36+,38+,39+/m0/s1. The lowest BCUT2D eigenvalue weighted by atomic mass is 9.71. The van der Waals surface area contributed by atoms with E-state index in [0.29, 0.717) is 55.0 Å². The Morgan fingerprint density at radius 1 is 1.08 bits per heavy atom. The van der Waals surface area contributed by atoms with Gasteiger partial charge in [0.25, 0.3) is 0 Å². The molecule has 1 aromatic rings. The Morgan fingerprint density at radius 2 is 1.85 bits per heavy atom. The summed E-state index contributed by atoms with van der Waals surface area (Å²) in [5, 5.41) is 23.3. The highest BCUT2D eigenvalue weighted by atomic mass is 16.7. The fourth-order valence-corrected chi connectivity index (χ4v) is 8.25. The van der Waals surface area contributed by atoms with E-state index in [2.05, 4.69) is 33.8 Å². The van der Waals surface area contributed by atoms with E-state index >= 15 is 0 Å². The molecular formula is C39H53NO8. The number of allylic oxidation sites excluding steroid dienone is 2. The first-order valence-corrected chi connectivity index (χ1v) is 17.7. The molecule has 3 fully saturated rings. The minimum atomic E-state index is -1.76. The van der Waals surface area contributed by atoms with Gasteiger partial charge in [-0.1, -0.05) is 63.3 Å². The van der Waals surface area contributed by atoms with E-state index in [1.54, 1.807) is 19.1 Å². The van der Waals surface area contributed by atoms with Crippen molar-refractivity contribution < 1.29 is 38.7 Å². The van der Waals surface area contributed by atoms with Crippen LogP contribution >= 0.6 is 0 Å². The molecule has 0 radical (unpaired) electrons. The van der Waals surface area contributed by atoms with Crippen molar-refractivity contribution >= 4 is 11.7 Å². The van der Waals surface area contributed by atoms with Crippen LogP contribution in [0.4, 0.5) is 5.69 Å². The molecule has 9 heteroatoms. The third-order valence-corrected chi connectivity index (χ3v) is 11.1. The van der Waals surface area contributed by atoms with E-state index in [-0.39, 0.29) is 30.8 Å². The molecule has 48 heavy (non-hydrogen) atoms. The maximum Gasteiger partial charge on any atom is 0.316 e. The lowest BCUT2D eigenvalue weighted by molar-refractivity contribution is -0.335. The molecule has 1 spiro atoms. The zero-order chi connectivity index (χ0) is 34.2. The van der Waals surface area contributed by atoms with Crippen LogP contribution in [0, 0.1) is 17.8 Å². The van der Waals surface area contributed by atoms with Crippen LogP contribution in [-0.4, -0.2) is 70.8 Å². The summed E-state index contributed by atoms with van der Waals surface area (Å²) >= 11 is 0. The number of rotatable bonds is 4. The highest BCUT2D eigenvalue weighted by Crippen LogP contribution is 2.47. The predicted octanol–water partition coefficient (Wildman–Crippen LogP) is 5.70. The fourth-order valence-electron chi connectivity index (χ4n) is 8.25. The van der Waals surface area contributed by atoms with Crippen molar-refractivity contribution in [2.75, 3.05) is 12.3 Å². The predicted molar refractivity (Wildman–Crippen MR) is 182 cm³/mol. The van der Waals surface area contributed by atoms with Gasteiger partial charge in [-0.05, 0) is 73.4 Å². The van der Waals surface area contributed by atoms with Gasteiger partial charge < -0.3 is 39.6 Å². The largest absolute Gasteiger partial charge is 0.462 e. The monoisotopic (exact) mass is 663 g/mol. The van der Waals surface area contributed by atoms with Gasteiger partial charge in [0.1, 0.15) is 29.8 Å². The number of ether oxygens (including phenoxy) is 5. The van der Waals surface area contributed by atoms with Crippen LogP contribution in [0.1, 0.15) is 78.7 Å². The van der Waals surface area contributed by atoms with Crippen molar-refractivity contribution in [3.8, 4) is 0 Å². The summed E-state index contributed by atoms with van der Waals surface area (Å²) in [5.41, 5.74) is 8.06. The van der Waals surface area contributed by atoms with E-state index < -0.39 is 41.6 Å². The van der Waals surface area contributed by atoms with Crippen LogP contribution in [-0.2, 0) is 35.1 Å². The molecule has 4 aliphatic heterocycles. The van der Waals surface area contributed by atoms with Crippen LogP contribution in [0.2, 0.25) is 0 Å². The first kappa shape index (κ1) is 35.1. The van der Waals surface area contributed by atoms with Gasteiger partial charge in [0, 0.05) is 30.9 Å². The molecule has 6 rings (SSSR count). The first-order chi connectivity index (χ1) is 22.9. The number of carbonyl (C=O) groups is 1. The van der Waals surface area contributed by atoms with Gasteiger partial charge in [0.2, 0.25) is 0 Å². The molecule has 4 N–H and O–H groups in total. The normalized spacial score (nSPS) is 43.3. The van der Waals surface area contributed by atoms with E-state index in [0.717, 1.165) is 24.0 Å². The van der Waals surface area contributed by atoms with Gasteiger partial charge in [0.15, 0.2) is 5.79 Å². The van der Waals surface area contributed by atoms with Gasteiger partial charge in [-0.25, -0.2) is 0 Å². The molecule has 2 bridgehead atoms. The Morgan fingerprint density at radius 3 is 2.60 bits per heavy atom. The molecule has 9 nitrogen and oxygen atoms in total. The van der Waals surface area contributed by atoms with Crippen molar-refractivity contribution in [1.82, 2.24) is 0 Å². The van der Waals surface area contributed by atoms with Crippen LogP contribution in [0.5, 0.6) is 0 Å². The molecule has 262 valence electrons. The number of esters is 1. The summed E-state index contributed by atoms with van der Waals surface area (Å²) in [7, 11) is 0. The average molecular weight is 664 g/mol. The number of nitrogens with two attached hydrogens (primary N) is 1. The summed E-state index contributed by atoms with van der Waals surface area (Å²) in [5.74, 6) is -2.05.